The van der Waals surface area contributed by atoms with Gasteiger partial charge in [-0.3, -0.25) is 9.59 Å². The van der Waals surface area contributed by atoms with E-state index in [4.69, 9.17) is 4.74 Å². The molecule has 0 N–H and O–H groups in total. The fraction of sp³-hybridized carbons (Fsp3) is 0.913. The zero-order valence-electron chi connectivity index (χ0n) is 18.6. The Labute approximate surface area is 176 Å². The third kappa shape index (κ3) is 5.94. The number of morpholine rings is 1. The number of nitrogens with zero attached hydrogens (tertiary/aromatic N) is 3. The molecule has 6 heteroatoms. The number of rotatable bonds is 7. The first kappa shape index (κ1) is 22.5. The maximum Gasteiger partial charge on any atom is 0.225 e. The van der Waals surface area contributed by atoms with E-state index in [-0.39, 0.29) is 11.8 Å². The molecule has 0 radical (unpaired) electrons. The SMILES string of the molecule is CCCCC(CC)C(=O)N1CCC(N2CCC(C(=O)N3CCOCC3)CC2)CC1. The summed E-state index contributed by atoms with van der Waals surface area (Å²) in [5, 5.41) is 0. The van der Waals surface area contributed by atoms with Crippen LogP contribution in [0.1, 0.15) is 65.2 Å². The van der Waals surface area contributed by atoms with Crippen molar-refractivity contribution >= 4 is 11.8 Å². The van der Waals surface area contributed by atoms with Gasteiger partial charge in [0, 0.05) is 44.1 Å². The summed E-state index contributed by atoms with van der Waals surface area (Å²) < 4.78 is 5.37. The minimum atomic E-state index is 0.190. The Kier molecular flexibility index (Phi) is 8.79. The molecule has 0 aromatic rings. The first-order chi connectivity index (χ1) is 14.1. The van der Waals surface area contributed by atoms with Gasteiger partial charge in [0.25, 0.3) is 0 Å². The van der Waals surface area contributed by atoms with Crippen molar-refractivity contribution in [2.24, 2.45) is 11.8 Å². The summed E-state index contributed by atoms with van der Waals surface area (Å²) in [5.41, 5.74) is 0. The second-order valence-corrected chi connectivity index (χ2v) is 9.05. The number of unbranched alkanes of at least 4 members (excludes halogenated alkanes) is 1. The van der Waals surface area contributed by atoms with Crippen LogP contribution in [-0.2, 0) is 14.3 Å². The second kappa shape index (κ2) is 11.3. The predicted octanol–water partition coefficient (Wildman–Crippen LogP) is 2.76. The monoisotopic (exact) mass is 407 g/mol. The predicted molar refractivity (Wildman–Crippen MR) is 115 cm³/mol. The lowest BCUT2D eigenvalue weighted by Gasteiger charge is -2.42. The molecule has 3 rings (SSSR count). The third-order valence-corrected chi connectivity index (χ3v) is 7.24. The summed E-state index contributed by atoms with van der Waals surface area (Å²) in [6.45, 7) is 11.1. The molecule has 6 nitrogen and oxygen atoms in total. The summed E-state index contributed by atoms with van der Waals surface area (Å²) in [4.78, 5) is 32.3. The molecule has 1 unspecified atom stereocenters. The molecular formula is C23H41N3O3. The molecule has 3 fully saturated rings. The van der Waals surface area contributed by atoms with Crippen LogP contribution in [-0.4, -0.2) is 85.0 Å². The Bertz CT molecular complexity index is 519. The average molecular weight is 408 g/mol. The van der Waals surface area contributed by atoms with Gasteiger partial charge in [-0.1, -0.05) is 26.7 Å². The smallest absolute Gasteiger partial charge is 0.225 e. The minimum Gasteiger partial charge on any atom is -0.378 e. The van der Waals surface area contributed by atoms with Gasteiger partial charge in [-0.05, 0) is 51.6 Å². The fourth-order valence-corrected chi connectivity index (χ4v) is 5.22. The molecule has 166 valence electrons. The Balaban J connectivity index is 1.40. The van der Waals surface area contributed by atoms with E-state index >= 15 is 0 Å². The number of amides is 2. The van der Waals surface area contributed by atoms with E-state index < -0.39 is 0 Å². The van der Waals surface area contributed by atoms with Crippen LogP contribution in [0, 0.1) is 11.8 Å². The van der Waals surface area contributed by atoms with Gasteiger partial charge < -0.3 is 19.4 Å². The average Bonchev–Trinajstić information content (AvgIpc) is 2.80. The van der Waals surface area contributed by atoms with Crippen molar-refractivity contribution in [1.82, 2.24) is 14.7 Å². The lowest BCUT2D eigenvalue weighted by molar-refractivity contribution is -0.142. The van der Waals surface area contributed by atoms with Crippen molar-refractivity contribution < 1.29 is 14.3 Å². The summed E-state index contributed by atoms with van der Waals surface area (Å²) in [6, 6.07) is 0.578. The van der Waals surface area contributed by atoms with Crippen LogP contribution >= 0.6 is 0 Å². The molecule has 0 saturated carbocycles. The number of ether oxygens (including phenoxy) is 1. The molecular weight excluding hydrogens is 366 g/mol. The molecule has 3 aliphatic heterocycles. The first-order valence-electron chi connectivity index (χ1n) is 12.0. The second-order valence-electron chi connectivity index (χ2n) is 9.05. The molecule has 29 heavy (non-hydrogen) atoms. The highest BCUT2D eigenvalue weighted by Gasteiger charge is 2.34. The van der Waals surface area contributed by atoms with Gasteiger partial charge in [0.15, 0.2) is 0 Å². The van der Waals surface area contributed by atoms with Crippen LogP contribution < -0.4 is 0 Å². The first-order valence-corrected chi connectivity index (χ1v) is 12.0. The number of carbonyl (C=O) groups is 2. The maximum atomic E-state index is 12.8. The fourth-order valence-electron chi connectivity index (χ4n) is 5.22. The van der Waals surface area contributed by atoms with Gasteiger partial charge in [0.1, 0.15) is 0 Å². The topological polar surface area (TPSA) is 53.1 Å². The van der Waals surface area contributed by atoms with Crippen molar-refractivity contribution in [2.75, 3.05) is 52.5 Å². The number of hydrogen-bond acceptors (Lipinski definition) is 4. The van der Waals surface area contributed by atoms with E-state index in [0.29, 0.717) is 31.1 Å². The Hall–Kier alpha value is -1.14. The lowest BCUT2D eigenvalue weighted by Crippen LogP contribution is -2.51. The van der Waals surface area contributed by atoms with Crippen LogP contribution in [0.15, 0.2) is 0 Å². The summed E-state index contributed by atoms with van der Waals surface area (Å²) in [5.74, 6) is 1.13. The van der Waals surface area contributed by atoms with E-state index in [1.165, 1.54) is 0 Å². The largest absolute Gasteiger partial charge is 0.378 e. The maximum absolute atomic E-state index is 12.8. The number of piperidine rings is 2. The molecule has 0 aromatic carbocycles. The molecule has 0 bridgehead atoms. The van der Waals surface area contributed by atoms with Crippen LogP contribution in [0.3, 0.4) is 0 Å². The van der Waals surface area contributed by atoms with E-state index in [1.54, 1.807) is 0 Å². The Morgan fingerprint density at radius 2 is 1.55 bits per heavy atom. The zero-order chi connectivity index (χ0) is 20.6. The highest BCUT2D eigenvalue weighted by atomic mass is 16.5. The zero-order valence-corrected chi connectivity index (χ0v) is 18.6. The van der Waals surface area contributed by atoms with Crippen LogP contribution in [0.4, 0.5) is 0 Å². The molecule has 0 spiro atoms. The van der Waals surface area contributed by atoms with Gasteiger partial charge in [0.05, 0.1) is 13.2 Å². The van der Waals surface area contributed by atoms with Gasteiger partial charge >= 0.3 is 0 Å². The number of hydrogen-bond donors (Lipinski definition) is 0. The van der Waals surface area contributed by atoms with Crippen molar-refractivity contribution in [3.8, 4) is 0 Å². The molecule has 0 aliphatic carbocycles. The molecule has 2 amide bonds. The van der Waals surface area contributed by atoms with Gasteiger partial charge in [-0.25, -0.2) is 0 Å². The van der Waals surface area contributed by atoms with Crippen LogP contribution in [0.25, 0.3) is 0 Å². The highest BCUT2D eigenvalue weighted by molar-refractivity contribution is 5.79. The van der Waals surface area contributed by atoms with E-state index in [1.807, 2.05) is 4.90 Å². The van der Waals surface area contributed by atoms with Gasteiger partial charge in [-0.2, -0.15) is 0 Å². The lowest BCUT2D eigenvalue weighted by atomic mass is 9.91. The molecule has 3 saturated heterocycles. The quantitative estimate of drug-likeness (QED) is 0.651. The van der Waals surface area contributed by atoms with Crippen molar-refractivity contribution in [3.05, 3.63) is 0 Å². The molecule has 0 aromatic heterocycles. The van der Waals surface area contributed by atoms with Crippen LogP contribution in [0.2, 0.25) is 0 Å². The van der Waals surface area contributed by atoms with Crippen LogP contribution in [0.5, 0.6) is 0 Å². The highest BCUT2D eigenvalue weighted by Crippen LogP contribution is 2.26. The Morgan fingerprint density at radius 3 is 2.14 bits per heavy atom. The van der Waals surface area contributed by atoms with Crippen molar-refractivity contribution in [1.29, 1.82) is 0 Å². The third-order valence-electron chi connectivity index (χ3n) is 7.24. The van der Waals surface area contributed by atoms with E-state index in [9.17, 15) is 9.59 Å². The van der Waals surface area contributed by atoms with Crippen molar-refractivity contribution in [3.63, 3.8) is 0 Å². The van der Waals surface area contributed by atoms with Crippen molar-refractivity contribution in [2.45, 2.75) is 71.3 Å². The molecule has 3 aliphatic rings. The van der Waals surface area contributed by atoms with Gasteiger partial charge in [0.2, 0.25) is 11.8 Å². The normalized spacial score (nSPS) is 23.9. The van der Waals surface area contributed by atoms with E-state index in [2.05, 4.69) is 23.6 Å². The Morgan fingerprint density at radius 1 is 0.897 bits per heavy atom. The summed E-state index contributed by atoms with van der Waals surface area (Å²) >= 11 is 0. The summed E-state index contributed by atoms with van der Waals surface area (Å²) in [6.07, 6.45) is 8.43. The molecule has 1 atom stereocenters. The van der Waals surface area contributed by atoms with E-state index in [0.717, 1.165) is 90.6 Å². The number of carbonyl (C=O) groups excluding carboxylic acids is 2. The summed E-state index contributed by atoms with van der Waals surface area (Å²) in [7, 11) is 0. The molecule has 3 heterocycles. The standard InChI is InChI=1S/C23H41N3O3/c1-3-5-6-19(4-2)22(27)25-13-9-21(10-14-25)24-11-7-20(8-12-24)23(28)26-15-17-29-18-16-26/h19-21H,3-18H2,1-2H3. The number of likely N-dealkylation sites (tertiary alicyclic amines) is 2. The minimum absolute atomic E-state index is 0.190. The van der Waals surface area contributed by atoms with Gasteiger partial charge in [-0.15, -0.1) is 0 Å².